The molecule has 1 unspecified atom stereocenters. The molecule has 0 saturated heterocycles. The van der Waals surface area contributed by atoms with Gasteiger partial charge in [0.15, 0.2) is 0 Å². The Labute approximate surface area is 214 Å². The second-order valence-corrected chi connectivity index (χ2v) is 9.51. The summed E-state index contributed by atoms with van der Waals surface area (Å²) < 4.78 is 78.9. The van der Waals surface area contributed by atoms with E-state index in [2.05, 4.69) is 0 Å². The number of primary amides is 2. The van der Waals surface area contributed by atoms with Gasteiger partial charge in [0.2, 0.25) is 5.91 Å². The summed E-state index contributed by atoms with van der Waals surface area (Å²) in [6, 6.07) is 8.72. The number of benzene rings is 2. The first-order chi connectivity index (χ1) is 17.7. The Morgan fingerprint density at radius 2 is 1.58 bits per heavy atom. The first kappa shape index (κ1) is 27.3. The van der Waals surface area contributed by atoms with E-state index in [1.165, 1.54) is 23.1 Å². The van der Waals surface area contributed by atoms with Gasteiger partial charge in [-0.3, -0.25) is 4.79 Å². The molecule has 0 fully saturated rings. The quantitative estimate of drug-likeness (QED) is 0.480. The monoisotopic (exact) mass is 537 g/mol. The van der Waals surface area contributed by atoms with Crippen molar-refractivity contribution in [1.82, 2.24) is 4.90 Å². The lowest BCUT2D eigenvalue weighted by molar-refractivity contribution is -0.138. The maximum Gasteiger partial charge on any atom is 0.416 e. The van der Waals surface area contributed by atoms with Crippen LogP contribution >= 0.6 is 0 Å². The standard InChI is InChI=1S/C27H25F6N3O2/c28-26(29,30)18-6-4-16(5-7-18)8-11-25(23(34)37)12-9-20(17-2-1-3-19(14-17)27(31,32)33)21-10-13-36(24(35)38)15-22(21)25/h1-7,9,14H,8,10-13,15H2,(H2,34,37)(H2,35,38). The molecule has 11 heteroatoms. The van der Waals surface area contributed by atoms with Crippen molar-refractivity contribution in [3.63, 3.8) is 0 Å². The molecule has 0 aromatic heterocycles. The molecule has 38 heavy (non-hydrogen) atoms. The highest BCUT2D eigenvalue weighted by Crippen LogP contribution is 2.49. The number of carbonyl (C=O) groups excluding carboxylic acids is 2. The van der Waals surface area contributed by atoms with Crippen LogP contribution in [0.1, 0.15) is 41.5 Å². The Kier molecular flexibility index (Phi) is 7.07. The molecule has 0 radical (unpaired) electrons. The van der Waals surface area contributed by atoms with Gasteiger partial charge in [0.1, 0.15) is 0 Å². The van der Waals surface area contributed by atoms with E-state index in [0.29, 0.717) is 27.8 Å². The first-order valence-corrected chi connectivity index (χ1v) is 11.8. The Bertz CT molecular complexity index is 1310. The third-order valence-corrected chi connectivity index (χ3v) is 7.31. The topological polar surface area (TPSA) is 89.4 Å². The average molecular weight is 538 g/mol. The molecule has 202 valence electrons. The Balaban J connectivity index is 1.73. The zero-order valence-corrected chi connectivity index (χ0v) is 20.1. The van der Waals surface area contributed by atoms with E-state index in [0.717, 1.165) is 24.3 Å². The van der Waals surface area contributed by atoms with Gasteiger partial charge in [-0.25, -0.2) is 4.79 Å². The molecule has 2 aromatic rings. The van der Waals surface area contributed by atoms with Crippen molar-refractivity contribution in [2.45, 2.75) is 38.0 Å². The zero-order valence-electron chi connectivity index (χ0n) is 20.1. The number of alkyl halides is 6. The minimum Gasteiger partial charge on any atom is -0.369 e. The highest BCUT2D eigenvalue weighted by molar-refractivity contribution is 5.91. The van der Waals surface area contributed by atoms with E-state index >= 15 is 0 Å². The summed E-state index contributed by atoms with van der Waals surface area (Å²) in [5.74, 6) is -0.692. The van der Waals surface area contributed by atoms with Gasteiger partial charge in [-0.2, -0.15) is 26.3 Å². The third-order valence-electron chi connectivity index (χ3n) is 7.31. The maximum atomic E-state index is 13.4. The Hall–Kier alpha value is -3.76. The minimum atomic E-state index is -4.55. The maximum absolute atomic E-state index is 13.4. The SMILES string of the molecule is NC(=O)N1CCC2=C(C1)C(CCc1ccc(C(F)(F)F)cc1)(C(N)=O)CC=C2c1cccc(C(F)(F)F)c1. The lowest BCUT2D eigenvalue weighted by Gasteiger charge is -2.43. The van der Waals surface area contributed by atoms with E-state index < -0.39 is 40.8 Å². The fourth-order valence-corrected chi connectivity index (χ4v) is 5.21. The number of nitrogens with two attached hydrogens (primary N) is 2. The molecular formula is C27H25F6N3O2. The van der Waals surface area contributed by atoms with Crippen LogP contribution in [-0.4, -0.2) is 29.9 Å². The van der Waals surface area contributed by atoms with Gasteiger partial charge in [-0.15, -0.1) is 0 Å². The molecule has 1 aliphatic heterocycles. The molecule has 0 saturated carbocycles. The summed E-state index contributed by atoms with van der Waals surface area (Å²) in [7, 11) is 0. The van der Waals surface area contributed by atoms with Gasteiger partial charge in [0.25, 0.3) is 0 Å². The number of nitrogens with zero attached hydrogens (tertiary/aromatic N) is 1. The van der Waals surface area contributed by atoms with Gasteiger partial charge in [0, 0.05) is 13.1 Å². The summed E-state index contributed by atoms with van der Waals surface area (Å²) in [6.07, 6.45) is -6.70. The van der Waals surface area contributed by atoms with Gasteiger partial charge in [0.05, 0.1) is 16.5 Å². The second-order valence-electron chi connectivity index (χ2n) is 9.51. The smallest absolute Gasteiger partial charge is 0.369 e. The van der Waals surface area contributed by atoms with Crippen molar-refractivity contribution in [3.8, 4) is 0 Å². The molecule has 0 bridgehead atoms. The van der Waals surface area contributed by atoms with Crippen LogP contribution in [0.5, 0.6) is 0 Å². The summed E-state index contributed by atoms with van der Waals surface area (Å²) in [5, 5.41) is 0. The molecule has 1 atom stereocenters. The van der Waals surface area contributed by atoms with E-state index in [9.17, 15) is 35.9 Å². The lowest BCUT2D eigenvalue weighted by atomic mass is 9.64. The van der Waals surface area contributed by atoms with E-state index in [1.54, 1.807) is 12.1 Å². The Morgan fingerprint density at radius 1 is 0.921 bits per heavy atom. The Morgan fingerprint density at radius 3 is 2.16 bits per heavy atom. The van der Waals surface area contributed by atoms with Gasteiger partial charge >= 0.3 is 18.4 Å². The number of hydrogen-bond donors (Lipinski definition) is 2. The van der Waals surface area contributed by atoms with Crippen LogP contribution < -0.4 is 11.5 Å². The van der Waals surface area contributed by atoms with Crippen molar-refractivity contribution in [2.75, 3.05) is 13.1 Å². The number of urea groups is 1. The summed E-state index contributed by atoms with van der Waals surface area (Å²) in [6.45, 7) is 0.176. The van der Waals surface area contributed by atoms with Crippen molar-refractivity contribution in [2.24, 2.45) is 16.9 Å². The van der Waals surface area contributed by atoms with Gasteiger partial charge in [-0.05, 0) is 77.8 Å². The van der Waals surface area contributed by atoms with Crippen LogP contribution in [-0.2, 0) is 23.6 Å². The number of amides is 3. The van der Waals surface area contributed by atoms with Gasteiger partial charge in [-0.1, -0.05) is 30.3 Å². The van der Waals surface area contributed by atoms with E-state index in [1.807, 2.05) is 0 Å². The molecule has 1 aliphatic carbocycles. The van der Waals surface area contributed by atoms with Crippen LogP contribution in [0.15, 0.2) is 65.8 Å². The third kappa shape index (κ3) is 5.27. The van der Waals surface area contributed by atoms with Crippen molar-refractivity contribution in [1.29, 1.82) is 0 Å². The highest BCUT2D eigenvalue weighted by Gasteiger charge is 2.46. The molecule has 3 amide bonds. The second kappa shape index (κ2) is 9.85. The van der Waals surface area contributed by atoms with Crippen molar-refractivity contribution in [3.05, 3.63) is 88.0 Å². The summed E-state index contributed by atoms with van der Waals surface area (Å²) >= 11 is 0. The molecule has 5 nitrogen and oxygen atoms in total. The van der Waals surface area contributed by atoms with Crippen LogP contribution in [0, 0.1) is 5.41 Å². The number of carbonyl (C=O) groups is 2. The van der Waals surface area contributed by atoms with Crippen LogP contribution in [0.4, 0.5) is 31.1 Å². The fraction of sp³-hybridized carbons (Fsp3) is 0.333. The van der Waals surface area contributed by atoms with Crippen LogP contribution in [0.25, 0.3) is 5.57 Å². The number of aryl methyl sites for hydroxylation is 1. The zero-order chi connectivity index (χ0) is 27.9. The first-order valence-electron chi connectivity index (χ1n) is 11.8. The van der Waals surface area contributed by atoms with Crippen LogP contribution in [0.2, 0.25) is 0 Å². The normalized spacial score (nSPS) is 20.2. The molecule has 2 aromatic carbocycles. The molecule has 4 rings (SSSR count). The highest BCUT2D eigenvalue weighted by atomic mass is 19.4. The molecule has 4 N–H and O–H groups in total. The van der Waals surface area contributed by atoms with Crippen molar-refractivity contribution >= 4 is 17.5 Å². The molecular weight excluding hydrogens is 512 g/mol. The fourth-order valence-electron chi connectivity index (χ4n) is 5.21. The molecule has 2 aliphatic rings. The van der Waals surface area contributed by atoms with Crippen LogP contribution in [0.3, 0.4) is 0 Å². The number of rotatable bonds is 5. The minimum absolute atomic E-state index is 0.0308. The predicted molar refractivity (Wildman–Crippen MR) is 128 cm³/mol. The average Bonchev–Trinajstić information content (AvgIpc) is 2.86. The largest absolute Gasteiger partial charge is 0.416 e. The molecule has 1 heterocycles. The number of allylic oxidation sites excluding steroid dienone is 2. The summed E-state index contributed by atoms with van der Waals surface area (Å²) in [4.78, 5) is 26.3. The van der Waals surface area contributed by atoms with Gasteiger partial charge < -0.3 is 16.4 Å². The lowest BCUT2D eigenvalue weighted by Crippen LogP contribution is -2.49. The number of halogens is 6. The summed E-state index contributed by atoms with van der Waals surface area (Å²) in [5.41, 5.74) is 11.0. The number of hydrogen-bond acceptors (Lipinski definition) is 2. The van der Waals surface area contributed by atoms with Crippen molar-refractivity contribution < 1.29 is 35.9 Å². The predicted octanol–water partition coefficient (Wildman–Crippen LogP) is 5.70. The molecule has 0 spiro atoms. The van der Waals surface area contributed by atoms with E-state index in [4.69, 9.17) is 11.5 Å². The van der Waals surface area contributed by atoms with E-state index in [-0.39, 0.29) is 38.8 Å².